The minimum Gasteiger partial charge on any atom is -0.380 e. The van der Waals surface area contributed by atoms with E-state index in [2.05, 4.69) is 21.2 Å². The Morgan fingerprint density at radius 3 is 2.65 bits per heavy atom. The number of rotatable bonds is 3. The van der Waals surface area contributed by atoms with Gasteiger partial charge in [0.2, 0.25) is 0 Å². The highest BCUT2D eigenvalue weighted by molar-refractivity contribution is 9.10. The summed E-state index contributed by atoms with van der Waals surface area (Å²) in [7, 11) is 0. The molecule has 2 aromatic carbocycles. The summed E-state index contributed by atoms with van der Waals surface area (Å²) in [6, 6.07) is 12.5. The van der Waals surface area contributed by atoms with Crippen molar-refractivity contribution in [3.63, 3.8) is 0 Å². The van der Waals surface area contributed by atoms with E-state index >= 15 is 0 Å². The fourth-order valence-corrected chi connectivity index (χ4v) is 2.08. The molecule has 0 spiro atoms. The van der Waals surface area contributed by atoms with Crippen LogP contribution in [0.3, 0.4) is 0 Å². The largest absolute Gasteiger partial charge is 0.380 e. The van der Waals surface area contributed by atoms with Crippen molar-refractivity contribution >= 4 is 33.2 Å². The first-order valence-corrected chi connectivity index (χ1v) is 6.26. The normalized spacial score (nSPS) is 10.3. The van der Waals surface area contributed by atoms with Gasteiger partial charge in [0.15, 0.2) is 0 Å². The lowest BCUT2D eigenvalue weighted by atomic mass is 10.2. The second kappa shape index (κ2) is 5.52. The Morgan fingerprint density at radius 1 is 1.18 bits per heavy atom. The topological polar surface area (TPSA) is 12.0 Å². The summed E-state index contributed by atoms with van der Waals surface area (Å²) in [6.45, 7) is 0.600. The molecule has 0 saturated heterocycles. The summed E-state index contributed by atoms with van der Waals surface area (Å²) in [6.07, 6.45) is 0. The van der Waals surface area contributed by atoms with Gasteiger partial charge in [0.05, 0.1) is 5.02 Å². The van der Waals surface area contributed by atoms with Gasteiger partial charge in [-0.3, -0.25) is 0 Å². The van der Waals surface area contributed by atoms with E-state index < -0.39 is 5.82 Å². The van der Waals surface area contributed by atoms with Crippen molar-refractivity contribution in [1.82, 2.24) is 0 Å². The van der Waals surface area contributed by atoms with Crippen LogP contribution in [0.4, 0.5) is 10.1 Å². The van der Waals surface area contributed by atoms with Crippen LogP contribution in [0.25, 0.3) is 0 Å². The average Bonchev–Trinajstić information content (AvgIpc) is 2.32. The van der Waals surface area contributed by atoms with Crippen LogP contribution in [-0.4, -0.2) is 0 Å². The predicted octanol–water partition coefficient (Wildman–Crippen LogP) is 4.85. The van der Waals surface area contributed by atoms with Gasteiger partial charge < -0.3 is 5.32 Å². The van der Waals surface area contributed by atoms with Gasteiger partial charge >= 0.3 is 0 Å². The molecule has 0 atom stereocenters. The van der Waals surface area contributed by atoms with Crippen LogP contribution in [-0.2, 0) is 6.54 Å². The van der Waals surface area contributed by atoms with Crippen molar-refractivity contribution in [2.45, 2.75) is 6.54 Å². The van der Waals surface area contributed by atoms with Gasteiger partial charge in [-0.2, -0.15) is 0 Å². The molecule has 0 bridgehead atoms. The van der Waals surface area contributed by atoms with Crippen LogP contribution >= 0.6 is 27.5 Å². The van der Waals surface area contributed by atoms with Gasteiger partial charge in [-0.1, -0.05) is 29.8 Å². The van der Waals surface area contributed by atoms with E-state index in [0.717, 1.165) is 15.7 Å². The maximum atomic E-state index is 13.0. The molecule has 0 aliphatic carbocycles. The number of para-hydroxylation sites is 1. The van der Waals surface area contributed by atoms with Crippen molar-refractivity contribution in [2.24, 2.45) is 0 Å². The van der Waals surface area contributed by atoms with Gasteiger partial charge in [-0.25, -0.2) is 4.39 Å². The van der Waals surface area contributed by atoms with Crippen molar-refractivity contribution in [2.75, 3.05) is 5.32 Å². The molecule has 2 rings (SSSR count). The van der Waals surface area contributed by atoms with Crippen LogP contribution in [0.1, 0.15) is 5.56 Å². The summed E-state index contributed by atoms with van der Waals surface area (Å²) in [5.41, 5.74) is 1.93. The molecule has 0 amide bonds. The van der Waals surface area contributed by atoms with Crippen molar-refractivity contribution in [1.29, 1.82) is 0 Å². The summed E-state index contributed by atoms with van der Waals surface area (Å²) in [4.78, 5) is 0. The maximum absolute atomic E-state index is 13.0. The molecule has 0 aliphatic heterocycles. The van der Waals surface area contributed by atoms with Crippen LogP contribution in [0.2, 0.25) is 5.02 Å². The molecule has 2 aromatic rings. The molecule has 0 fully saturated rings. The smallest absolute Gasteiger partial charge is 0.141 e. The van der Waals surface area contributed by atoms with Gasteiger partial charge in [0, 0.05) is 16.7 Å². The number of halogens is 3. The zero-order valence-electron chi connectivity index (χ0n) is 8.88. The molecule has 0 aromatic heterocycles. The SMILES string of the molecule is Fc1ccc(CNc2ccccc2Br)cc1Cl. The van der Waals surface area contributed by atoms with Crippen LogP contribution in [0, 0.1) is 5.82 Å². The highest BCUT2D eigenvalue weighted by Gasteiger charge is 2.02. The fraction of sp³-hybridized carbons (Fsp3) is 0.0769. The van der Waals surface area contributed by atoms with E-state index in [1.807, 2.05) is 24.3 Å². The molecule has 4 heteroatoms. The summed E-state index contributed by atoms with van der Waals surface area (Å²) >= 11 is 9.16. The summed E-state index contributed by atoms with van der Waals surface area (Å²) in [5, 5.41) is 3.40. The monoisotopic (exact) mass is 313 g/mol. The lowest BCUT2D eigenvalue weighted by Crippen LogP contribution is -2.00. The third-order valence-corrected chi connectivity index (χ3v) is 3.32. The van der Waals surface area contributed by atoms with Crippen molar-refractivity contribution < 1.29 is 4.39 Å². The molecule has 0 aliphatic rings. The minimum atomic E-state index is -0.392. The lowest BCUT2D eigenvalue weighted by molar-refractivity contribution is 0.627. The van der Waals surface area contributed by atoms with Gasteiger partial charge in [0.25, 0.3) is 0 Å². The number of hydrogen-bond donors (Lipinski definition) is 1. The van der Waals surface area contributed by atoms with E-state index in [9.17, 15) is 4.39 Å². The highest BCUT2D eigenvalue weighted by atomic mass is 79.9. The molecular weight excluding hydrogens is 305 g/mol. The third-order valence-electron chi connectivity index (χ3n) is 2.34. The Morgan fingerprint density at radius 2 is 1.94 bits per heavy atom. The second-order valence-corrected chi connectivity index (χ2v) is 4.84. The fourth-order valence-electron chi connectivity index (χ4n) is 1.45. The Bertz CT molecular complexity index is 531. The third kappa shape index (κ3) is 3.20. The number of anilines is 1. The molecule has 1 nitrogen and oxygen atoms in total. The zero-order valence-corrected chi connectivity index (χ0v) is 11.2. The minimum absolute atomic E-state index is 0.149. The predicted molar refractivity (Wildman–Crippen MR) is 72.9 cm³/mol. The molecule has 0 saturated carbocycles. The number of benzene rings is 2. The standard InChI is InChI=1S/C13H10BrClFN/c14-10-3-1-2-4-13(10)17-8-9-5-6-12(16)11(15)7-9/h1-7,17H,8H2. The Kier molecular flexibility index (Phi) is 4.02. The quantitative estimate of drug-likeness (QED) is 0.853. The molecular formula is C13H10BrClFN. The van der Waals surface area contributed by atoms with Crippen LogP contribution < -0.4 is 5.32 Å². The van der Waals surface area contributed by atoms with Gasteiger partial charge in [-0.15, -0.1) is 0 Å². The number of nitrogens with one attached hydrogen (secondary N) is 1. The van der Waals surface area contributed by atoms with Crippen molar-refractivity contribution in [3.8, 4) is 0 Å². The molecule has 0 radical (unpaired) electrons. The first kappa shape index (κ1) is 12.4. The Labute approximate surface area is 113 Å². The molecule has 17 heavy (non-hydrogen) atoms. The van der Waals surface area contributed by atoms with E-state index in [4.69, 9.17) is 11.6 Å². The lowest BCUT2D eigenvalue weighted by Gasteiger charge is -2.08. The Balaban J connectivity index is 2.08. The van der Waals surface area contributed by atoms with Crippen LogP contribution in [0.5, 0.6) is 0 Å². The van der Waals surface area contributed by atoms with Crippen molar-refractivity contribution in [3.05, 3.63) is 63.3 Å². The maximum Gasteiger partial charge on any atom is 0.141 e. The summed E-state index contributed by atoms with van der Waals surface area (Å²) in [5.74, 6) is -0.392. The average molecular weight is 315 g/mol. The molecule has 88 valence electrons. The Hall–Kier alpha value is -1.06. The molecule has 0 heterocycles. The van der Waals surface area contributed by atoms with Gasteiger partial charge in [-0.05, 0) is 45.8 Å². The number of hydrogen-bond acceptors (Lipinski definition) is 1. The molecule has 1 N–H and O–H groups in total. The highest BCUT2D eigenvalue weighted by Crippen LogP contribution is 2.22. The molecule has 0 unspecified atom stereocenters. The van der Waals surface area contributed by atoms with Crippen LogP contribution in [0.15, 0.2) is 46.9 Å². The zero-order chi connectivity index (χ0) is 12.3. The first-order chi connectivity index (χ1) is 8.16. The van der Waals surface area contributed by atoms with E-state index in [-0.39, 0.29) is 5.02 Å². The van der Waals surface area contributed by atoms with E-state index in [1.54, 1.807) is 12.1 Å². The van der Waals surface area contributed by atoms with E-state index in [0.29, 0.717) is 6.54 Å². The summed E-state index contributed by atoms with van der Waals surface area (Å²) < 4.78 is 14.0. The van der Waals surface area contributed by atoms with Gasteiger partial charge in [0.1, 0.15) is 5.82 Å². The first-order valence-electron chi connectivity index (χ1n) is 5.09. The van der Waals surface area contributed by atoms with E-state index in [1.165, 1.54) is 6.07 Å². The second-order valence-electron chi connectivity index (χ2n) is 3.58.